The standard InChI is InChI=1S/C17H26N2O/c1-13-8-7-11-19(12-13)16(20)18-15-10-6-5-9-14(15)17(2,3)4/h5-6,9-10,13H,7-8,11-12H2,1-4H3,(H,18,20). The Morgan fingerprint density at radius 1 is 1.30 bits per heavy atom. The molecule has 1 aromatic rings. The third-order valence-electron chi connectivity index (χ3n) is 3.92. The van der Waals surface area contributed by atoms with Gasteiger partial charge in [0, 0.05) is 18.8 Å². The van der Waals surface area contributed by atoms with Crippen LogP contribution in [-0.4, -0.2) is 24.0 Å². The zero-order chi connectivity index (χ0) is 14.8. The largest absolute Gasteiger partial charge is 0.324 e. The Labute approximate surface area is 122 Å². The minimum atomic E-state index is 0.0268. The number of nitrogens with zero attached hydrogens (tertiary/aromatic N) is 1. The Kier molecular flexibility index (Phi) is 4.36. The first kappa shape index (κ1) is 14.9. The summed E-state index contributed by atoms with van der Waals surface area (Å²) in [5.74, 6) is 0.604. The molecule has 1 fully saturated rings. The predicted octanol–water partition coefficient (Wildman–Crippen LogP) is 4.25. The molecule has 1 aromatic carbocycles. The highest BCUT2D eigenvalue weighted by atomic mass is 16.2. The van der Waals surface area contributed by atoms with Crippen molar-refractivity contribution >= 4 is 11.7 Å². The van der Waals surface area contributed by atoms with E-state index < -0.39 is 0 Å². The minimum absolute atomic E-state index is 0.0268. The van der Waals surface area contributed by atoms with Crippen LogP contribution in [0.15, 0.2) is 24.3 Å². The molecule has 1 unspecified atom stereocenters. The Morgan fingerprint density at radius 3 is 2.65 bits per heavy atom. The van der Waals surface area contributed by atoms with Crippen LogP contribution < -0.4 is 5.32 Å². The molecule has 0 saturated carbocycles. The van der Waals surface area contributed by atoms with Crippen LogP contribution in [0.25, 0.3) is 0 Å². The van der Waals surface area contributed by atoms with Crippen LogP contribution in [0, 0.1) is 5.92 Å². The van der Waals surface area contributed by atoms with Gasteiger partial charge in [-0.15, -0.1) is 0 Å². The van der Waals surface area contributed by atoms with E-state index >= 15 is 0 Å². The van der Waals surface area contributed by atoms with Gasteiger partial charge >= 0.3 is 6.03 Å². The molecule has 3 nitrogen and oxygen atoms in total. The maximum Gasteiger partial charge on any atom is 0.321 e. The second-order valence-electron chi connectivity index (χ2n) is 6.92. The second kappa shape index (κ2) is 5.86. The summed E-state index contributed by atoms with van der Waals surface area (Å²) in [6.45, 7) is 10.4. The molecule has 2 rings (SSSR count). The summed E-state index contributed by atoms with van der Waals surface area (Å²) < 4.78 is 0. The van der Waals surface area contributed by atoms with E-state index in [1.807, 2.05) is 23.1 Å². The van der Waals surface area contributed by atoms with Gasteiger partial charge in [0.15, 0.2) is 0 Å². The van der Waals surface area contributed by atoms with E-state index in [2.05, 4.69) is 39.1 Å². The van der Waals surface area contributed by atoms with E-state index in [1.54, 1.807) is 0 Å². The van der Waals surface area contributed by atoms with Gasteiger partial charge in [0.2, 0.25) is 0 Å². The van der Waals surface area contributed by atoms with Crippen molar-refractivity contribution in [2.45, 2.75) is 46.0 Å². The molecule has 0 spiro atoms. The highest BCUT2D eigenvalue weighted by molar-refractivity contribution is 5.90. The lowest BCUT2D eigenvalue weighted by molar-refractivity contribution is 0.182. The van der Waals surface area contributed by atoms with Crippen molar-refractivity contribution in [3.63, 3.8) is 0 Å². The molecule has 1 saturated heterocycles. The Morgan fingerprint density at radius 2 is 2.00 bits per heavy atom. The van der Waals surface area contributed by atoms with E-state index in [0.29, 0.717) is 5.92 Å². The quantitative estimate of drug-likeness (QED) is 0.816. The van der Waals surface area contributed by atoms with Gasteiger partial charge in [-0.3, -0.25) is 0 Å². The summed E-state index contributed by atoms with van der Waals surface area (Å²) in [7, 11) is 0. The maximum absolute atomic E-state index is 12.4. The van der Waals surface area contributed by atoms with Crippen LogP contribution in [0.5, 0.6) is 0 Å². The predicted molar refractivity (Wildman–Crippen MR) is 84.1 cm³/mol. The molecule has 20 heavy (non-hydrogen) atoms. The normalized spacial score (nSPS) is 19.8. The molecule has 1 aliphatic heterocycles. The first-order valence-electron chi connectivity index (χ1n) is 7.53. The number of urea groups is 1. The fourth-order valence-corrected chi connectivity index (χ4v) is 2.81. The number of carbonyl (C=O) groups is 1. The highest BCUT2D eigenvalue weighted by Crippen LogP contribution is 2.29. The summed E-state index contributed by atoms with van der Waals surface area (Å²) in [5.41, 5.74) is 2.14. The number of piperidine rings is 1. The SMILES string of the molecule is CC1CCCN(C(=O)Nc2ccccc2C(C)(C)C)C1. The average molecular weight is 274 g/mol. The number of hydrogen-bond donors (Lipinski definition) is 1. The van der Waals surface area contributed by atoms with E-state index in [4.69, 9.17) is 0 Å². The number of anilines is 1. The molecule has 1 aliphatic rings. The number of rotatable bonds is 1. The molecule has 2 amide bonds. The highest BCUT2D eigenvalue weighted by Gasteiger charge is 2.23. The van der Waals surface area contributed by atoms with Gasteiger partial charge in [-0.2, -0.15) is 0 Å². The molecule has 110 valence electrons. The lowest BCUT2D eigenvalue weighted by Crippen LogP contribution is -2.41. The molecule has 0 bridgehead atoms. The van der Waals surface area contributed by atoms with Crippen molar-refractivity contribution < 1.29 is 4.79 Å². The van der Waals surface area contributed by atoms with Crippen LogP contribution in [0.4, 0.5) is 10.5 Å². The number of likely N-dealkylation sites (tertiary alicyclic amines) is 1. The van der Waals surface area contributed by atoms with Gasteiger partial charge in [0.25, 0.3) is 0 Å². The van der Waals surface area contributed by atoms with Crippen LogP contribution in [0.3, 0.4) is 0 Å². The van der Waals surface area contributed by atoms with Crippen LogP contribution in [0.1, 0.15) is 46.1 Å². The fraction of sp³-hybridized carbons (Fsp3) is 0.588. The third-order valence-corrected chi connectivity index (χ3v) is 3.92. The number of amides is 2. The summed E-state index contributed by atoms with van der Waals surface area (Å²) >= 11 is 0. The number of hydrogen-bond acceptors (Lipinski definition) is 1. The zero-order valence-electron chi connectivity index (χ0n) is 13.1. The Hall–Kier alpha value is -1.51. The molecule has 0 radical (unpaired) electrons. The lowest BCUT2D eigenvalue weighted by Gasteiger charge is -2.32. The number of para-hydroxylation sites is 1. The van der Waals surface area contributed by atoms with Gasteiger partial charge in [-0.25, -0.2) is 4.79 Å². The molecular formula is C17H26N2O. The van der Waals surface area contributed by atoms with Crippen molar-refractivity contribution in [2.24, 2.45) is 5.92 Å². The van der Waals surface area contributed by atoms with Crippen molar-refractivity contribution in [1.29, 1.82) is 0 Å². The van der Waals surface area contributed by atoms with Crippen molar-refractivity contribution in [3.05, 3.63) is 29.8 Å². The van der Waals surface area contributed by atoms with Gasteiger partial charge in [0.05, 0.1) is 0 Å². The van der Waals surface area contributed by atoms with Crippen molar-refractivity contribution in [1.82, 2.24) is 4.90 Å². The lowest BCUT2D eigenvalue weighted by atomic mass is 9.86. The topological polar surface area (TPSA) is 32.3 Å². The third kappa shape index (κ3) is 3.53. The smallest absolute Gasteiger partial charge is 0.321 e. The second-order valence-corrected chi connectivity index (χ2v) is 6.92. The maximum atomic E-state index is 12.4. The Balaban J connectivity index is 2.12. The van der Waals surface area contributed by atoms with Gasteiger partial charge in [-0.1, -0.05) is 45.9 Å². The van der Waals surface area contributed by atoms with Gasteiger partial charge in [-0.05, 0) is 35.8 Å². The number of benzene rings is 1. The molecule has 1 N–H and O–H groups in total. The molecule has 3 heteroatoms. The average Bonchev–Trinajstić information content (AvgIpc) is 2.38. The summed E-state index contributed by atoms with van der Waals surface area (Å²) in [6.07, 6.45) is 2.33. The minimum Gasteiger partial charge on any atom is -0.324 e. The molecular weight excluding hydrogens is 248 g/mol. The monoisotopic (exact) mass is 274 g/mol. The van der Waals surface area contributed by atoms with E-state index in [9.17, 15) is 4.79 Å². The van der Waals surface area contributed by atoms with Gasteiger partial charge in [0.1, 0.15) is 0 Å². The van der Waals surface area contributed by atoms with Gasteiger partial charge < -0.3 is 10.2 Å². The molecule has 1 heterocycles. The summed E-state index contributed by atoms with van der Waals surface area (Å²) in [4.78, 5) is 14.3. The molecule has 0 aromatic heterocycles. The van der Waals surface area contributed by atoms with Crippen LogP contribution >= 0.6 is 0 Å². The molecule has 1 atom stereocenters. The van der Waals surface area contributed by atoms with Crippen LogP contribution in [0.2, 0.25) is 0 Å². The van der Waals surface area contributed by atoms with E-state index in [1.165, 1.54) is 12.0 Å². The van der Waals surface area contributed by atoms with Crippen molar-refractivity contribution in [3.8, 4) is 0 Å². The summed E-state index contributed by atoms with van der Waals surface area (Å²) in [6, 6.07) is 8.12. The van der Waals surface area contributed by atoms with Crippen LogP contribution in [-0.2, 0) is 5.41 Å². The van der Waals surface area contributed by atoms with Crippen molar-refractivity contribution in [2.75, 3.05) is 18.4 Å². The first-order valence-corrected chi connectivity index (χ1v) is 7.53. The number of nitrogens with one attached hydrogen (secondary N) is 1. The van der Waals surface area contributed by atoms with E-state index in [-0.39, 0.29) is 11.4 Å². The molecule has 0 aliphatic carbocycles. The zero-order valence-corrected chi connectivity index (χ0v) is 13.1. The Bertz CT molecular complexity index is 476. The first-order chi connectivity index (χ1) is 9.38. The fourth-order valence-electron chi connectivity index (χ4n) is 2.81. The summed E-state index contributed by atoms with van der Waals surface area (Å²) in [5, 5.41) is 3.09. The van der Waals surface area contributed by atoms with E-state index in [0.717, 1.165) is 25.2 Å². The number of carbonyl (C=O) groups excluding carboxylic acids is 1.